The zero-order chi connectivity index (χ0) is 47.5. The minimum atomic E-state index is -0.812. The molecule has 0 spiro atoms. The highest BCUT2D eigenvalue weighted by atomic mass is 16.6. The molecule has 0 rings (SSSR count). The first-order chi connectivity index (χ1) is 31.8. The third-order valence-corrected chi connectivity index (χ3v) is 12.6. The van der Waals surface area contributed by atoms with Crippen molar-refractivity contribution in [3.05, 3.63) is 24.3 Å². The number of ether oxygens (including phenoxy) is 3. The molecule has 8 nitrogen and oxygen atoms in total. The maximum Gasteiger partial charge on any atom is 0.306 e. The van der Waals surface area contributed by atoms with E-state index in [2.05, 4.69) is 45.1 Å². The standard InChI is InChI=1S/C57H106O8/c1-4-7-10-13-14-15-16-17-18-19-20-21-28-33-40-47-55(60)63-50-54(65-57(62)49-42-35-30-25-23-27-32-39-46-53(59)44-37-12-9-6-3)51-64-56(61)48-41-34-29-24-22-26-31-38-45-52(58)43-36-11-8-5-2/h31-32,38-39,52-54,58-59H,4-30,33-37,40-51H2,1-3H3. The highest BCUT2D eigenvalue weighted by molar-refractivity contribution is 5.71. The third kappa shape index (κ3) is 49.5. The molecular weight excluding hydrogens is 813 g/mol. The fourth-order valence-corrected chi connectivity index (χ4v) is 8.23. The molecule has 3 unspecified atom stereocenters. The molecule has 382 valence electrons. The summed E-state index contributed by atoms with van der Waals surface area (Å²) in [6.45, 7) is 6.46. The van der Waals surface area contributed by atoms with Crippen molar-refractivity contribution in [2.24, 2.45) is 0 Å². The minimum Gasteiger partial charge on any atom is -0.462 e. The fraction of sp³-hybridized carbons (Fsp3) is 0.877. The number of unbranched alkanes of at least 4 members (excludes halogenated alkanes) is 30. The number of hydrogen-bond donors (Lipinski definition) is 2. The summed E-state index contributed by atoms with van der Waals surface area (Å²) in [5.41, 5.74) is 0. The van der Waals surface area contributed by atoms with Crippen LogP contribution < -0.4 is 0 Å². The van der Waals surface area contributed by atoms with E-state index in [9.17, 15) is 24.6 Å². The maximum atomic E-state index is 12.8. The van der Waals surface area contributed by atoms with Crippen molar-refractivity contribution in [3.63, 3.8) is 0 Å². The lowest BCUT2D eigenvalue weighted by Crippen LogP contribution is -2.30. The van der Waals surface area contributed by atoms with Crippen LogP contribution in [0.2, 0.25) is 0 Å². The molecule has 0 aliphatic heterocycles. The van der Waals surface area contributed by atoms with Crippen LogP contribution in [0.1, 0.15) is 290 Å². The summed E-state index contributed by atoms with van der Waals surface area (Å²) in [5.74, 6) is -0.972. The molecule has 8 heteroatoms. The van der Waals surface area contributed by atoms with Crippen molar-refractivity contribution in [2.45, 2.75) is 309 Å². The first kappa shape index (κ1) is 62.8. The number of aliphatic hydroxyl groups excluding tert-OH is 2. The number of esters is 3. The molecule has 0 heterocycles. The van der Waals surface area contributed by atoms with E-state index < -0.39 is 6.10 Å². The summed E-state index contributed by atoms with van der Waals surface area (Å²) in [4.78, 5) is 38.1. The third-order valence-electron chi connectivity index (χ3n) is 12.6. The molecule has 2 N–H and O–H groups in total. The van der Waals surface area contributed by atoms with Gasteiger partial charge in [-0.05, 0) is 70.6 Å². The molecule has 0 aromatic heterocycles. The molecular formula is C57H106O8. The predicted octanol–water partition coefficient (Wildman–Crippen LogP) is 16.3. The van der Waals surface area contributed by atoms with Crippen LogP contribution in [0.4, 0.5) is 0 Å². The second kappa shape index (κ2) is 51.2. The van der Waals surface area contributed by atoms with Crippen molar-refractivity contribution in [1.82, 2.24) is 0 Å². The van der Waals surface area contributed by atoms with Gasteiger partial charge in [0.25, 0.3) is 0 Å². The molecule has 0 saturated carbocycles. The second-order valence-electron chi connectivity index (χ2n) is 19.2. The van der Waals surface area contributed by atoms with Crippen LogP contribution in [-0.2, 0) is 28.6 Å². The molecule has 0 radical (unpaired) electrons. The fourth-order valence-electron chi connectivity index (χ4n) is 8.23. The Hall–Kier alpha value is -2.19. The number of rotatable bonds is 51. The topological polar surface area (TPSA) is 119 Å². The summed E-state index contributed by atoms with van der Waals surface area (Å²) in [7, 11) is 0. The van der Waals surface area contributed by atoms with Crippen LogP contribution in [0.25, 0.3) is 0 Å². The van der Waals surface area contributed by atoms with Gasteiger partial charge in [0.2, 0.25) is 0 Å². The summed E-state index contributed by atoms with van der Waals surface area (Å²) in [6, 6.07) is 0. The van der Waals surface area contributed by atoms with Gasteiger partial charge in [0, 0.05) is 19.3 Å². The van der Waals surface area contributed by atoms with Crippen LogP contribution in [0, 0.1) is 0 Å². The summed E-state index contributed by atoms with van der Waals surface area (Å²) in [5, 5.41) is 20.3. The van der Waals surface area contributed by atoms with Gasteiger partial charge in [-0.1, -0.05) is 225 Å². The zero-order valence-electron chi connectivity index (χ0n) is 43.0. The van der Waals surface area contributed by atoms with Gasteiger partial charge in [-0.3, -0.25) is 14.4 Å². The molecule has 0 saturated heterocycles. The molecule has 0 aromatic carbocycles. The lowest BCUT2D eigenvalue weighted by molar-refractivity contribution is -0.167. The molecule has 3 atom stereocenters. The van der Waals surface area contributed by atoms with Gasteiger partial charge < -0.3 is 24.4 Å². The van der Waals surface area contributed by atoms with Crippen molar-refractivity contribution >= 4 is 17.9 Å². The van der Waals surface area contributed by atoms with E-state index in [1.807, 2.05) is 0 Å². The van der Waals surface area contributed by atoms with E-state index in [1.54, 1.807) is 0 Å². The maximum absolute atomic E-state index is 12.8. The van der Waals surface area contributed by atoms with E-state index in [0.717, 1.165) is 135 Å². The highest BCUT2D eigenvalue weighted by Crippen LogP contribution is 2.16. The van der Waals surface area contributed by atoms with Crippen LogP contribution in [0.5, 0.6) is 0 Å². The number of allylic oxidation sites excluding steroid dienone is 2. The Morgan fingerprint density at radius 1 is 0.369 bits per heavy atom. The number of carbonyl (C=O) groups excluding carboxylic acids is 3. The van der Waals surface area contributed by atoms with Gasteiger partial charge in [-0.25, -0.2) is 0 Å². The highest BCUT2D eigenvalue weighted by Gasteiger charge is 2.19. The van der Waals surface area contributed by atoms with Crippen molar-refractivity contribution in [3.8, 4) is 0 Å². The first-order valence-electron chi connectivity index (χ1n) is 28.0. The quantitative estimate of drug-likeness (QED) is 0.0268. The normalized spacial score (nSPS) is 13.1. The molecule has 0 amide bonds. The van der Waals surface area contributed by atoms with Gasteiger partial charge in [0.15, 0.2) is 6.10 Å². The Balaban J connectivity index is 4.44. The average molecular weight is 919 g/mol. The largest absolute Gasteiger partial charge is 0.462 e. The summed E-state index contributed by atoms with van der Waals surface area (Å²) < 4.78 is 16.8. The number of carbonyl (C=O) groups is 3. The number of aliphatic hydroxyl groups is 2. The molecule has 65 heavy (non-hydrogen) atoms. The monoisotopic (exact) mass is 919 g/mol. The predicted molar refractivity (Wildman–Crippen MR) is 273 cm³/mol. The van der Waals surface area contributed by atoms with Crippen LogP contribution in [0.15, 0.2) is 24.3 Å². The molecule has 0 bridgehead atoms. The van der Waals surface area contributed by atoms with E-state index >= 15 is 0 Å². The smallest absolute Gasteiger partial charge is 0.306 e. The van der Waals surface area contributed by atoms with Gasteiger partial charge in [0.1, 0.15) is 13.2 Å². The summed E-state index contributed by atoms with van der Waals surface area (Å²) in [6.07, 6.45) is 51.9. The van der Waals surface area contributed by atoms with Crippen LogP contribution in [-0.4, -0.2) is 59.6 Å². The molecule has 0 aliphatic carbocycles. The Morgan fingerprint density at radius 3 is 1.02 bits per heavy atom. The van der Waals surface area contributed by atoms with E-state index in [1.165, 1.54) is 116 Å². The number of hydrogen-bond acceptors (Lipinski definition) is 8. The Labute approximate surface area is 401 Å². The van der Waals surface area contributed by atoms with E-state index in [-0.39, 0.29) is 49.8 Å². The van der Waals surface area contributed by atoms with E-state index in [0.29, 0.717) is 12.8 Å². The SMILES string of the molecule is CCCCCCCCCCCCCCCCCC(=O)OCC(COC(=O)CCCCCCCC=CCC(O)CCCCCC)OC(=O)CCCCCCCC=CCC(O)CCCCCC. The van der Waals surface area contributed by atoms with Crippen molar-refractivity contribution < 1.29 is 38.8 Å². The Kier molecular flexibility index (Phi) is 49.5. The second-order valence-corrected chi connectivity index (χ2v) is 19.2. The van der Waals surface area contributed by atoms with Gasteiger partial charge in [0.05, 0.1) is 12.2 Å². The van der Waals surface area contributed by atoms with Crippen molar-refractivity contribution in [2.75, 3.05) is 13.2 Å². The van der Waals surface area contributed by atoms with Crippen molar-refractivity contribution in [1.29, 1.82) is 0 Å². The lowest BCUT2D eigenvalue weighted by Gasteiger charge is -2.18. The first-order valence-corrected chi connectivity index (χ1v) is 28.0. The Bertz CT molecular complexity index is 1090. The zero-order valence-corrected chi connectivity index (χ0v) is 43.0. The van der Waals surface area contributed by atoms with Crippen LogP contribution >= 0.6 is 0 Å². The summed E-state index contributed by atoms with van der Waals surface area (Å²) >= 11 is 0. The molecule has 0 aliphatic rings. The van der Waals surface area contributed by atoms with Gasteiger partial charge >= 0.3 is 17.9 Å². The molecule has 0 fully saturated rings. The minimum absolute atomic E-state index is 0.105. The van der Waals surface area contributed by atoms with E-state index in [4.69, 9.17) is 14.2 Å². The lowest BCUT2D eigenvalue weighted by atomic mass is 10.0. The van der Waals surface area contributed by atoms with Crippen LogP contribution in [0.3, 0.4) is 0 Å². The average Bonchev–Trinajstić information content (AvgIpc) is 3.30. The van der Waals surface area contributed by atoms with Gasteiger partial charge in [-0.2, -0.15) is 0 Å². The van der Waals surface area contributed by atoms with Gasteiger partial charge in [-0.15, -0.1) is 0 Å². The molecule has 0 aromatic rings. The Morgan fingerprint density at radius 2 is 0.662 bits per heavy atom.